The van der Waals surface area contributed by atoms with Crippen LogP contribution in [-0.2, 0) is 14.3 Å². The molecule has 0 saturated carbocycles. The molecule has 3 rings (SSSR count). The van der Waals surface area contributed by atoms with Crippen LogP contribution >= 0.6 is 0 Å². The third kappa shape index (κ3) is 7.07. The Balaban J connectivity index is 1.59. The lowest BCUT2D eigenvalue weighted by Crippen LogP contribution is -2.68. The molecule has 0 bridgehead atoms. The second kappa shape index (κ2) is 13.4. The number of aromatic nitrogens is 4. The average molecular weight is 510 g/mol. The molecule has 8 N–H and O–H groups in total. The van der Waals surface area contributed by atoms with E-state index < -0.39 is 49.2 Å². The number of H-pyrrole nitrogens is 1. The van der Waals surface area contributed by atoms with Crippen LogP contribution in [0, 0.1) is 0 Å². The van der Waals surface area contributed by atoms with Gasteiger partial charge in [-0.2, -0.15) is 0 Å². The van der Waals surface area contributed by atoms with Crippen LogP contribution in [0.15, 0.2) is 12.7 Å². The van der Waals surface area contributed by atoms with Crippen LogP contribution in [-0.4, -0.2) is 102 Å². The van der Waals surface area contributed by atoms with E-state index >= 15 is 0 Å². The van der Waals surface area contributed by atoms with E-state index in [0.29, 0.717) is 17.6 Å². The summed E-state index contributed by atoms with van der Waals surface area (Å²) in [4.78, 5) is 39.4. The number of nitrogens with one attached hydrogen (secondary N) is 4. The molecule has 0 spiro atoms. The van der Waals surface area contributed by atoms with Gasteiger partial charge in [0.1, 0.15) is 36.3 Å². The topological polar surface area (TPSA) is 215 Å². The van der Waals surface area contributed by atoms with Gasteiger partial charge in [0.05, 0.1) is 25.5 Å². The molecule has 0 unspecified atom stereocenters. The molecule has 0 radical (unpaired) electrons. The SMILES string of the molecule is CCCCCCCC(=O)NCC(=O)N[C@@H]1[C@@H](O)[C@@H](O)[C@H](Nc2ncnc3nc[nH]c23)O[C@H]1[C@H](O)CO. The Morgan fingerprint density at radius 2 is 1.89 bits per heavy atom. The molecule has 1 fully saturated rings. The lowest BCUT2D eigenvalue weighted by molar-refractivity contribution is -0.204. The first-order valence-electron chi connectivity index (χ1n) is 12.1. The van der Waals surface area contributed by atoms with Gasteiger partial charge >= 0.3 is 0 Å². The van der Waals surface area contributed by atoms with Crippen LogP contribution in [0.1, 0.15) is 45.4 Å². The van der Waals surface area contributed by atoms with Crippen LogP contribution in [0.5, 0.6) is 0 Å². The van der Waals surface area contributed by atoms with Gasteiger partial charge in [-0.25, -0.2) is 15.0 Å². The Morgan fingerprint density at radius 1 is 1.11 bits per heavy atom. The fourth-order valence-corrected chi connectivity index (χ4v) is 4.04. The molecule has 2 aromatic heterocycles. The minimum atomic E-state index is -1.58. The van der Waals surface area contributed by atoms with Crippen LogP contribution in [0.4, 0.5) is 5.82 Å². The summed E-state index contributed by atoms with van der Waals surface area (Å²) in [6.07, 6.45) is 0.736. The van der Waals surface area contributed by atoms with Crippen molar-refractivity contribution in [3.05, 3.63) is 12.7 Å². The Hall–Kier alpha value is -2.91. The van der Waals surface area contributed by atoms with E-state index in [1.807, 2.05) is 0 Å². The molecule has 2 aromatic rings. The number of anilines is 1. The standard InChI is InChI=1S/C22H35N7O7/c1-2-3-4-5-6-7-13(32)23-8-14(33)28-15-17(34)18(35)22(36-19(15)12(31)9-30)29-21-16-20(25-10-24-16)26-11-27-21/h10-12,15,17-19,22,30-31,34-35H,2-9H2,1H3,(H,23,32)(H,28,33)(H2,24,25,26,27,29)/t12-,15-,17-,18-,19+,22-/m1/s1. The van der Waals surface area contributed by atoms with Gasteiger partial charge in [0.25, 0.3) is 0 Å². The maximum atomic E-state index is 12.5. The number of aliphatic hydroxyl groups is 4. The Morgan fingerprint density at radius 3 is 2.64 bits per heavy atom. The predicted octanol–water partition coefficient (Wildman–Crippen LogP) is -1.47. The molecule has 6 atom stereocenters. The number of amides is 2. The molecule has 3 heterocycles. The van der Waals surface area contributed by atoms with Crippen molar-refractivity contribution in [2.75, 3.05) is 18.5 Å². The first-order valence-corrected chi connectivity index (χ1v) is 12.1. The Labute approximate surface area is 207 Å². The molecule has 14 heteroatoms. The Bertz CT molecular complexity index is 991. The van der Waals surface area contributed by atoms with Crippen molar-refractivity contribution in [3.63, 3.8) is 0 Å². The molecular formula is C22H35N7O7. The van der Waals surface area contributed by atoms with Gasteiger partial charge in [-0.15, -0.1) is 0 Å². The van der Waals surface area contributed by atoms with E-state index in [9.17, 15) is 30.0 Å². The average Bonchev–Trinajstić information content (AvgIpc) is 3.36. The first-order chi connectivity index (χ1) is 17.3. The molecule has 0 aliphatic carbocycles. The van der Waals surface area contributed by atoms with E-state index in [-0.39, 0.29) is 18.3 Å². The van der Waals surface area contributed by atoms with Crippen LogP contribution < -0.4 is 16.0 Å². The van der Waals surface area contributed by atoms with Crippen molar-refractivity contribution in [2.24, 2.45) is 0 Å². The van der Waals surface area contributed by atoms with E-state index in [4.69, 9.17) is 4.74 Å². The number of nitrogens with zero attached hydrogens (tertiary/aromatic N) is 3. The highest BCUT2D eigenvalue weighted by Gasteiger charge is 2.48. The van der Waals surface area contributed by atoms with Gasteiger partial charge in [0.15, 0.2) is 17.7 Å². The molecule has 0 aromatic carbocycles. The van der Waals surface area contributed by atoms with Gasteiger partial charge in [-0.05, 0) is 6.42 Å². The highest BCUT2D eigenvalue weighted by molar-refractivity contribution is 5.85. The first kappa shape index (κ1) is 27.7. The fraction of sp³-hybridized carbons (Fsp3) is 0.682. The number of carbonyl (C=O) groups is 2. The maximum Gasteiger partial charge on any atom is 0.239 e. The Kier molecular flexibility index (Phi) is 10.3. The van der Waals surface area contributed by atoms with Gasteiger partial charge in [-0.3, -0.25) is 9.59 Å². The molecule has 1 saturated heterocycles. The van der Waals surface area contributed by atoms with Crippen LogP contribution in [0.2, 0.25) is 0 Å². The number of aromatic amines is 1. The summed E-state index contributed by atoms with van der Waals surface area (Å²) in [5.41, 5.74) is 0.789. The summed E-state index contributed by atoms with van der Waals surface area (Å²) in [6.45, 7) is 1.03. The minimum Gasteiger partial charge on any atom is -0.394 e. The number of rotatable bonds is 13. The number of fused-ring (bicyclic) bond motifs is 1. The van der Waals surface area contributed by atoms with Gasteiger partial charge < -0.3 is 46.1 Å². The zero-order valence-corrected chi connectivity index (χ0v) is 20.1. The third-order valence-corrected chi connectivity index (χ3v) is 6.04. The summed E-state index contributed by atoms with van der Waals surface area (Å²) in [6, 6.07) is -1.27. The molecule has 1 aliphatic heterocycles. The van der Waals surface area contributed by atoms with Crippen molar-refractivity contribution < 1.29 is 34.8 Å². The maximum absolute atomic E-state index is 12.5. The smallest absolute Gasteiger partial charge is 0.239 e. The van der Waals surface area contributed by atoms with E-state index in [1.165, 1.54) is 12.7 Å². The van der Waals surface area contributed by atoms with E-state index in [1.54, 1.807) is 0 Å². The number of hydrogen-bond donors (Lipinski definition) is 8. The summed E-state index contributed by atoms with van der Waals surface area (Å²) < 4.78 is 5.75. The van der Waals surface area contributed by atoms with Crippen molar-refractivity contribution in [2.45, 2.75) is 82.1 Å². The quantitative estimate of drug-likeness (QED) is 0.146. The largest absolute Gasteiger partial charge is 0.394 e. The molecule has 36 heavy (non-hydrogen) atoms. The molecule has 2 amide bonds. The van der Waals surface area contributed by atoms with Crippen molar-refractivity contribution >= 4 is 28.8 Å². The predicted molar refractivity (Wildman–Crippen MR) is 127 cm³/mol. The monoisotopic (exact) mass is 509 g/mol. The summed E-state index contributed by atoms with van der Waals surface area (Å²) in [5, 5.41) is 49.1. The molecule has 200 valence electrons. The van der Waals surface area contributed by atoms with E-state index in [2.05, 4.69) is 42.8 Å². The third-order valence-electron chi connectivity index (χ3n) is 6.04. The van der Waals surface area contributed by atoms with Crippen molar-refractivity contribution in [1.82, 2.24) is 30.6 Å². The van der Waals surface area contributed by atoms with E-state index in [0.717, 1.165) is 32.1 Å². The highest BCUT2D eigenvalue weighted by atomic mass is 16.5. The van der Waals surface area contributed by atoms with Crippen molar-refractivity contribution in [3.8, 4) is 0 Å². The van der Waals surface area contributed by atoms with Gasteiger partial charge in [0.2, 0.25) is 11.8 Å². The zero-order valence-electron chi connectivity index (χ0n) is 20.1. The second-order valence-electron chi connectivity index (χ2n) is 8.75. The number of imidazole rings is 1. The second-order valence-corrected chi connectivity index (χ2v) is 8.75. The lowest BCUT2D eigenvalue weighted by Gasteiger charge is -2.44. The van der Waals surface area contributed by atoms with Crippen molar-refractivity contribution in [1.29, 1.82) is 0 Å². The number of ether oxygens (including phenoxy) is 1. The minimum absolute atomic E-state index is 0.228. The number of hydrogen-bond acceptors (Lipinski definition) is 11. The van der Waals surface area contributed by atoms with Gasteiger partial charge in [0, 0.05) is 6.42 Å². The summed E-state index contributed by atoms with van der Waals surface area (Å²) in [5.74, 6) is -0.690. The number of unbranched alkanes of at least 4 members (excludes halogenated alkanes) is 4. The zero-order chi connectivity index (χ0) is 26.1. The molecular weight excluding hydrogens is 474 g/mol. The number of aliphatic hydroxyl groups excluding tert-OH is 4. The fourth-order valence-electron chi connectivity index (χ4n) is 4.04. The summed E-state index contributed by atoms with van der Waals surface area (Å²) >= 11 is 0. The number of carbonyl (C=O) groups excluding carboxylic acids is 2. The van der Waals surface area contributed by atoms with Crippen LogP contribution in [0.25, 0.3) is 11.2 Å². The van der Waals surface area contributed by atoms with Crippen LogP contribution in [0.3, 0.4) is 0 Å². The summed E-state index contributed by atoms with van der Waals surface area (Å²) in [7, 11) is 0. The molecule has 1 aliphatic rings. The normalized spacial score (nSPS) is 24.9. The lowest BCUT2D eigenvalue weighted by atomic mass is 9.92. The molecule has 14 nitrogen and oxygen atoms in total. The highest BCUT2D eigenvalue weighted by Crippen LogP contribution is 2.26. The van der Waals surface area contributed by atoms with Gasteiger partial charge in [-0.1, -0.05) is 32.6 Å².